The third kappa shape index (κ3) is 10.4. The molecule has 5 amide bonds. The van der Waals surface area contributed by atoms with Crippen LogP contribution in [0.2, 0.25) is 0 Å². The number of amides is 5. The monoisotopic (exact) mass is 866 g/mol. The average molecular weight is 867 g/mol. The quantitative estimate of drug-likeness (QED) is 0.0845. The highest BCUT2D eigenvalue weighted by molar-refractivity contribution is 7.89. The molecule has 1 aromatic heterocycles. The van der Waals surface area contributed by atoms with Crippen LogP contribution < -0.4 is 30.9 Å². The Labute approximate surface area is 359 Å². The molecule has 19 heteroatoms. The number of hydrogen-bond donors (Lipinski definition) is 5. The van der Waals surface area contributed by atoms with Gasteiger partial charge in [-0.05, 0) is 94.8 Å². The molecule has 2 fully saturated rings. The molecule has 326 valence electrons. The van der Waals surface area contributed by atoms with Gasteiger partial charge in [-0.25, -0.2) is 18.1 Å². The van der Waals surface area contributed by atoms with Gasteiger partial charge in [0.2, 0.25) is 33.7 Å². The van der Waals surface area contributed by atoms with E-state index in [1.165, 1.54) is 0 Å². The Morgan fingerprint density at radius 3 is 2.32 bits per heavy atom. The second-order valence-corrected chi connectivity index (χ2v) is 18.0. The minimum atomic E-state index is -3.72. The molecule has 18 nitrogen and oxygen atoms in total. The first-order chi connectivity index (χ1) is 29.5. The molecule has 1 atom stereocenters. The molecule has 1 unspecified atom stereocenters. The van der Waals surface area contributed by atoms with Gasteiger partial charge in [-0.15, -0.1) is 0 Å². The van der Waals surface area contributed by atoms with Gasteiger partial charge >= 0.3 is 0 Å². The lowest BCUT2D eigenvalue weighted by atomic mass is 10.0. The number of anilines is 6. The molecule has 0 bridgehead atoms. The number of aryl methyl sites for hydroxylation is 1. The van der Waals surface area contributed by atoms with Gasteiger partial charge in [0, 0.05) is 79.2 Å². The number of aromatic nitrogens is 2. The summed E-state index contributed by atoms with van der Waals surface area (Å²) in [4.78, 5) is 77.0. The van der Waals surface area contributed by atoms with E-state index in [1.807, 2.05) is 36.1 Å². The average Bonchev–Trinajstić information content (AvgIpc) is 3.47. The maximum atomic E-state index is 13.1. The van der Waals surface area contributed by atoms with Gasteiger partial charge in [-0.2, -0.15) is 4.98 Å². The highest BCUT2D eigenvalue weighted by Gasteiger charge is 2.44. The summed E-state index contributed by atoms with van der Waals surface area (Å²) in [5.74, 6) is -1.30. The zero-order chi connectivity index (χ0) is 44.2. The summed E-state index contributed by atoms with van der Waals surface area (Å²) < 4.78 is 34.2. The van der Waals surface area contributed by atoms with Crippen LogP contribution in [0.4, 0.5) is 34.5 Å². The van der Waals surface area contributed by atoms with Crippen LogP contribution in [0.15, 0.2) is 77.8 Å². The normalized spacial score (nSPS) is 16.9. The molecule has 3 aliphatic heterocycles. The predicted octanol–water partition coefficient (Wildman–Crippen LogP) is 3.92. The van der Waals surface area contributed by atoms with Crippen LogP contribution in [0, 0.1) is 6.92 Å². The molecule has 0 radical (unpaired) electrons. The molecule has 0 saturated carbocycles. The Morgan fingerprint density at radius 2 is 1.60 bits per heavy atom. The van der Waals surface area contributed by atoms with Crippen molar-refractivity contribution in [2.24, 2.45) is 0 Å². The minimum absolute atomic E-state index is 0.0155. The third-order valence-electron chi connectivity index (χ3n) is 10.4. The fourth-order valence-electron chi connectivity index (χ4n) is 7.34. The Kier molecular flexibility index (Phi) is 12.9. The maximum Gasteiger partial charge on any atom is 0.262 e. The fraction of sp³-hybridized carbons (Fsp3) is 0.372. The van der Waals surface area contributed by atoms with E-state index >= 15 is 0 Å². The van der Waals surface area contributed by atoms with Crippen LogP contribution in [-0.2, 0) is 29.1 Å². The van der Waals surface area contributed by atoms with Crippen LogP contribution in [0.1, 0.15) is 66.3 Å². The number of benzene rings is 3. The number of hydrogen-bond acceptors (Lipinski definition) is 14. The summed E-state index contributed by atoms with van der Waals surface area (Å²) in [5.41, 5.74) is 3.53. The van der Waals surface area contributed by atoms with Gasteiger partial charge in [0.25, 0.3) is 11.8 Å². The number of ether oxygens (including phenoxy) is 1. The fourth-order valence-corrected chi connectivity index (χ4v) is 8.80. The van der Waals surface area contributed by atoms with Gasteiger partial charge in [0.05, 0.1) is 35.7 Å². The van der Waals surface area contributed by atoms with E-state index in [-0.39, 0.29) is 47.8 Å². The van der Waals surface area contributed by atoms with Gasteiger partial charge in [-0.1, -0.05) is 6.07 Å². The summed E-state index contributed by atoms with van der Waals surface area (Å²) >= 11 is 0. The molecule has 4 aromatic rings. The molecule has 0 aliphatic carbocycles. The van der Waals surface area contributed by atoms with Gasteiger partial charge in [0.1, 0.15) is 11.9 Å². The van der Waals surface area contributed by atoms with E-state index < -0.39 is 45.2 Å². The van der Waals surface area contributed by atoms with Crippen molar-refractivity contribution in [3.05, 3.63) is 89.6 Å². The lowest BCUT2D eigenvalue weighted by molar-refractivity contribution is -0.136. The topological polar surface area (TPSA) is 224 Å². The van der Waals surface area contributed by atoms with Crippen LogP contribution in [0.5, 0.6) is 0 Å². The summed E-state index contributed by atoms with van der Waals surface area (Å²) in [5, 5.41) is 11.8. The van der Waals surface area contributed by atoms with E-state index in [1.54, 1.807) is 69.4 Å². The number of carbonyl (C=O) groups excluding carboxylic acids is 5. The Balaban J connectivity index is 0.819. The van der Waals surface area contributed by atoms with Crippen molar-refractivity contribution >= 4 is 74.1 Å². The molecule has 0 spiro atoms. The van der Waals surface area contributed by atoms with Crippen LogP contribution in [-0.4, -0.2) is 115 Å². The smallest absolute Gasteiger partial charge is 0.262 e. The molecule has 5 N–H and O–H groups in total. The van der Waals surface area contributed by atoms with E-state index in [0.29, 0.717) is 62.5 Å². The van der Waals surface area contributed by atoms with Crippen molar-refractivity contribution in [3.8, 4) is 0 Å². The lowest BCUT2D eigenvalue weighted by Crippen LogP contribution is -2.54. The summed E-state index contributed by atoms with van der Waals surface area (Å²) in [6.45, 7) is 10.7. The second kappa shape index (κ2) is 18.3. The van der Waals surface area contributed by atoms with E-state index in [9.17, 15) is 32.4 Å². The lowest BCUT2D eigenvalue weighted by Gasteiger charge is -2.36. The number of nitrogens with one attached hydrogen (secondary N) is 5. The first-order valence-corrected chi connectivity index (χ1v) is 21.8. The molecule has 4 heterocycles. The van der Waals surface area contributed by atoms with Crippen molar-refractivity contribution in [2.75, 3.05) is 66.8 Å². The SMILES string of the molecule is Cc1cnc(Nc2ccc(N3CCN(C(=O)CCOCCNc4ccc5c(c4)C(=O)N(C4CCC(=O)NC4=O)C5=O)CC3)cc2)nc1Nc1cccc(S(=O)(=O)NC(C)(C)C)c1. The summed E-state index contributed by atoms with van der Waals surface area (Å²) in [6.07, 6.45) is 2.08. The minimum Gasteiger partial charge on any atom is -0.383 e. The maximum absolute atomic E-state index is 13.1. The number of imide groups is 2. The number of carbonyl (C=O) groups is 5. The zero-order valence-corrected chi connectivity index (χ0v) is 35.8. The zero-order valence-electron chi connectivity index (χ0n) is 35.0. The van der Waals surface area contributed by atoms with Gasteiger partial charge in [-0.3, -0.25) is 34.2 Å². The summed E-state index contributed by atoms with van der Waals surface area (Å²) in [7, 11) is -3.72. The molecule has 3 aliphatic rings. The first kappa shape index (κ1) is 43.6. The molecular formula is C43H50N10O8S. The standard InChI is InChI=1S/C43H50N10O8S/c1-27-26-45-42(49-38(27)46-30-6-5-7-32(24-30)62(59,60)50-43(2,3)4)47-28-8-11-31(12-9-28)51-18-20-52(21-19-51)37(55)16-22-61-23-17-44-29-10-13-33-34(25-29)41(58)53(40(33)57)35-14-15-36(54)48-39(35)56/h5-13,24-26,35,44,50H,14-23H2,1-4H3,(H,48,54,56)(H2,45,46,47,49). The van der Waals surface area contributed by atoms with E-state index in [0.717, 1.165) is 21.8 Å². The number of fused-ring (bicyclic) bond motifs is 1. The van der Waals surface area contributed by atoms with Crippen molar-refractivity contribution in [2.45, 2.75) is 63.4 Å². The number of piperazine rings is 1. The Hall–Kier alpha value is -6.44. The Bertz CT molecular complexity index is 2480. The number of rotatable bonds is 15. The number of piperidine rings is 1. The molecule has 7 rings (SSSR count). The molecular weight excluding hydrogens is 817 g/mol. The van der Waals surface area contributed by atoms with Gasteiger partial charge < -0.3 is 30.5 Å². The second-order valence-electron chi connectivity index (χ2n) is 16.3. The van der Waals surface area contributed by atoms with Crippen molar-refractivity contribution in [1.82, 2.24) is 29.8 Å². The van der Waals surface area contributed by atoms with Crippen LogP contribution in [0.3, 0.4) is 0 Å². The third-order valence-corrected chi connectivity index (χ3v) is 12.2. The van der Waals surface area contributed by atoms with Crippen molar-refractivity contribution in [1.29, 1.82) is 0 Å². The van der Waals surface area contributed by atoms with Gasteiger partial charge in [0.15, 0.2) is 0 Å². The van der Waals surface area contributed by atoms with Crippen molar-refractivity contribution < 1.29 is 37.1 Å². The highest BCUT2D eigenvalue weighted by Crippen LogP contribution is 2.30. The number of nitrogens with zero attached hydrogens (tertiary/aromatic N) is 5. The van der Waals surface area contributed by atoms with E-state index in [4.69, 9.17) is 4.74 Å². The Morgan fingerprint density at radius 1 is 0.871 bits per heavy atom. The largest absolute Gasteiger partial charge is 0.383 e. The van der Waals surface area contributed by atoms with E-state index in [2.05, 4.69) is 40.9 Å². The van der Waals surface area contributed by atoms with Crippen LogP contribution >= 0.6 is 0 Å². The predicted molar refractivity (Wildman–Crippen MR) is 232 cm³/mol. The highest BCUT2D eigenvalue weighted by atomic mass is 32.2. The number of sulfonamides is 1. The van der Waals surface area contributed by atoms with Crippen molar-refractivity contribution in [3.63, 3.8) is 0 Å². The molecule has 2 saturated heterocycles. The summed E-state index contributed by atoms with van der Waals surface area (Å²) in [6, 6.07) is 18.2. The van der Waals surface area contributed by atoms with Crippen LogP contribution in [0.25, 0.3) is 0 Å². The molecule has 62 heavy (non-hydrogen) atoms. The first-order valence-electron chi connectivity index (χ1n) is 20.4. The molecule has 3 aromatic carbocycles.